The minimum absolute atomic E-state index is 0.0870. The minimum Gasteiger partial charge on any atom is -0.273 e. The van der Waals surface area contributed by atoms with E-state index in [-0.39, 0.29) is 5.91 Å². The van der Waals surface area contributed by atoms with Gasteiger partial charge in [-0.1, -0.05) is 20.3 Å². The van der Waals surface area contributed by atoms with Crippen molar-refractivity contribution in [2.75, 3.05) is 0 Å². The SMILES string of the molecule is CCCCC(=O)N=C1[N]N=C(CCC)S1. The summed E-state index contributed by atoms with van der Waals surface area (Å²) in [5.74, 6) is -0.0870. The molecule has 83 valence electrons. The van der Waals surface area contributed by atoms with Gasteiger partial charge >= 0.3 is 0 Å². The van der Waals surface area contributed by atoms with E-state index in [0.29, 0.717) is 11.6 Å². The molecule has 1 amide bonds. The Morgan fingerprint density at radius 3 is 2.87 bits per heavy atom. The Hall–Kier alpha value is -0.840. The van der Waals surface area contributed by atoms with E-state index in [1.165, 1.54) is 11.8 Å². The van der Waals surface area contributed by atoms with Crippen LogP contribution in [0.1, 0.15) is 46.0 Å². The van der Waals surface area contributed by atoms with Crippen molar-refractivity contribution in [3.05, 3.63) is 0 Å². The van der Waals surface area contributed by atoms with Crippen LogP contribution < -0.4 is 5.43 Å². The van der Waals surface area contributed by atoms with Gasteiger partial charge < -0.3 is 0 Å². The number of thioether (sulfide) groups is 1. The van der Waals surface area contributed by atoms with Crippen molar-refractivity contribution in [1.82, 2.24) is 5.43 Å². The largest absolute Gasteiger partial charge is 0.273 e. The molecule has 15 heavy (non-hydrogen) atoms. The number of aliphatic imine (C=N–C) groups is 1. The molecule has 1 rings (SSSR count). The number of carbonyl (C=O) groups is 1. The molecule has 0 spiro atoms. The molecule has 1 heterocycles. The van der Waals surface area contributed by atoms with Crippen LogP contribution in [0.2, 0.25) is 0 Å². The molecule has 0 unspecified atom stereocenters. The zero-order chi connectivity index (χ0) is 11.1. The van der Waals surface area contributed by atoms with Crippen LogP contribution in [0.3, 0.4) is 0 Å². The molecular weight excluding hydrogens is 210 g/mol. The summed E-state index contributed by atoms with van der Waals surface area (Å²) >= 11 is 1.41. The zero-order valence-corrected chi connectivity index (χ0v) is 10.0. The van der Waals surface area contributed by atoms with Gasteiger partial charge in [-0.2, -0.15) is 4.99 Å². The van der Waals surface area contributed by atoms with Gasteiger partial charge in [0, 0.05) is 6.42 Å². The summed E-state index contributed by atoms with van der Waals surface area (Å²) in [5, 5.41) is 5.42. The van der Waals surface area contributed by atoms with Gasteiger partial charge in [-0.25, -0.2) is 0 Å². The van der Waals surface area contributed by atoms with Crippen LogP contribution in [0.25, 0.3) is 0 Å². The van der Waals surface area contributed by atoms with E-state index < -0.39 is 0 Å². The predicted octanol–water partition coefficient (Wildman–Crippen LogP) is 2.52. The molecule has 0 N–H and O–H groups in total. The molecule has 1 aliphatic rings. The van der Waals surface area contributed by atoms with E-state index in [1.807, 2.05) is 0 Å². The molecule has 1 aliphatic heterocycles. The van der Waals surface area contributed by atoms with Crippen LogP contribution >= 0.6 is 11.8 Å². The normalized spacial score (nSPS) is 17.7. The van der Waals surface area contributed by atoms with Gasteiger partial charge in [0.2, 0.25) is 11.1 Å². The second-order valence-corrected chi connectivity index (χ2v) is 4.38. The smallest absolute Gasteiger partial charge is 0.248 e. The predicted molar refractivity (Wildman–Crippen MR) is 64.0 cm³/mol. The summed E-state index contributed by atoms with van der Waals surface area (Å²) in [6.07, 6.45) is 4.37. The average molecular weight is 226 g/mol. The van der Waals surface area contributed by atoms with Crippen molar-refractivity contribution >= 4 is 27.9 Å². The first-order valence-corrected chi connectivity index (χ1v) is 6.14. The second-order valence-electron chi connectivity index (χ2n) is 3.34. The number of rotatable bonds is 5. The molecule has 5 heteroatoms. The third kappa shape index (κ3) is 4.46. The Labute approximate surface area is 94.6 Å². The number of amidine groups is 1. The number of amides is 1. The monoisotopic (exact) mass is 226 g/mol. The Morgan fingerprint density at radius 2 is 2.20 bits per heavy atom. The van der Waals surface area contributed by atoms with Gasteiger partial charge in [-0.05, 0) is 31.0 Å². The summed E-state index contributed by atoms with van der Waals surface area (Å²) in [6.45, 7) is 4.14. The molecule has 0 aliphatic carbocycles. The lowest BCUT2D eigenvalue weighted by atomic mass is 10.2. The van der Waals surface area contributed by atoms with Crippen molar-refractivity contribution in [1.29, 1.82) is 0 Å². The van der Waals surface area contributed by atoms with E-state index in [4.69, 9.17) is 0 Å². The maximum Gasteiger partial charge on any atom is 0.248 e. The molecule has 1 radical (unpaired) electrons. The van der Waals surface area contributed by atoms with Gasteiger partial charge in [0.05, 0.1) is 0 Å². The number of carbonyl (C=O) groups excluding carboxylic acids is 1. The van der Waals surface area contributed by atoms with E-state index in [9.17, 15) is 4.79 Å². The van der Waals surface area contributed by atoms with Crippen molar-refractivity contribution in [2.45, 2.75) is 46.0 Å². The Bertz CT molecular complexity index is 286. The van der Waals surface area contributed by atoms with Crippen LogP contribution in [0, 0.1) is 0 Å². The van der Waals surface area contributed by atoms with Gasteiger partial charge in [0.15, 0.2) is 0 Å². The fourth-order valence-electron chi connectivity index (χ4n) is 1.10. The highest BCUT2D eigenvalue weighted by atomic mass is 32.2. The van der Waals surface area contributed by atoms with E-state index in [0.717, 1.165) is 30.7 Å². The third-order valence-electron chi connectivity index (χ3n) is 1.88. The summed E-state index contributed by atoms with van der Waals surface area (Å²) in [5.41, 5.74) is 3.86. The topological polar surface area (TPSA) is 55.9 Å². The van der Waals surface area contributed by atoms with Gasteiger partial charge in [0.1, 0.15) is 5.04 Å². The highest BCUT2D eigenvalue weighted by Crippen LogP contribution is 2.17. The number of hydrogen-bond acceptors (Lipinski definition) is 3. The highest BCUT2D eigenvalue weighted by Gasteiger charge is 2.16. The second kappa shape index (κ2) is 6.61. The van der Waals surface area contributed by atoms with Crippen LogP contribution in [0.15, 0.2) is 10.1 Å². The molecule has 0 bridgehead atoms. The van der Waals surface area contributed by atoms with Gasteiger partial charge in [-0.15, -0.1) is 10.5 Å². The van der Waals surface area contributed by atoms with Gasteiger partial charge in [-0.3, -0.25) is 4.79 Å². The summed E-state index contributed by atoms with van der Waals surface area (Å²) in [7, 11) is 0. The molecule has 0 aromatic carbocycles. The lowest BCUT2D eigenvalue weighted by Crippen LogP contribution is -2.04. The molecule has 4 nitrogen and oxygen atoms in total. The fourth-order valence-corrected chi connectivity index (χ4v) is 1.92. The van der Waals surface area contributed by atoms with Crippen molar-refractivity contribution in [3.8, 4) is 0 Å². The molecule has 0 aromatic rings. The van der Waals surface area contributed by atoms with E-state index in [1.54, 1.807) is 0 Å². The van der Waals surface area contributed by atoms with Crippen molar-refractivity contribution < 1.29 is 4.79 Å². The Balaban J connectivity index is 2.34. The molecular formula is C10H16N3OS. The molecule has 0 fully saturated rings. The summed E-state index contributed by atoms with van der Waals surface area (Å²) in [4.78, 5) is 15.2. The Kier molecular flexibility index (Phi) is 5.39. The summed E-state index contributed by atoms with van der Waals surface area (Å²) < 4.78 is 0. The minimum atomic E-state index is -0.0870. The third-order valence-corrected chi connectivity index (χ3v) is 2.76. The standard InChI is InChI=1S/C10H16N3OS/c1-3-5-7-8(14)11-10-13-12-9(15-10)6-4-2/h3-7H2,1-2H3. The first-order chi connectivity index (χ1) is 7.26. The number of nitrogens with zero attached hydrogens (tertiary/aromatic N) is 3. The van der Waals surface area contributed by atoms with Crippen molar-refractivity contribution in [3.63, 3.8) is 0 Å². The number of unbranched alkanes of at least 4 members (excludes halogenated alkanes) is 1. The Morgan fingerprint density at radius 1 is 1.40 bits per heavy atom. The van der Waals surface area contributed by atoms with E-state index >= 15 is 0 Å². The van der Waals surface area contributed by atoms with Crippen molar-refractivity contribution in [2.24, 2.45) is 10.1 Å². The maximum absolute atomic E-state index is 11.3. The van der Waals surface area contributed by atoms with Gasteiger partial charge in [0.25, 0.3) is 0 Å². The fraction of sp³-hybridized carbons (Fsp3) is 0.700. The lowest BCUT2D eigenvalue weighted by Gasteiger charge is -1.94. The molecule has 0 atom stereocenters. The highest BCUT2D eigenvalue weighted by molar-refractivity contribution is 8.26. The van der Waals surface area contributed by atoms with Crippen LogP contribution in [0.5, 0.6) is 0 Å². The van der Waals surface area contributed by atoms with E-state index in [2.05, 4.69) is 29.4 Å². The van der Waals surface area contributed by atoms with Crippen LogP contribution in [0.4, 0.5) is 0 Å². The molecule has 0 saturated carbocycles. The van der Waals surface area contributed by atoms with Crippen LogP contribution in [-0.2, 0) is 4.79 Å². The first-order valence-electron chi connectivity index (χ1n) is 5.33. The number of hydrogen-bond donors (Lipinski definition) is 0. The molecule has 0 aromatic heterocycles. The first kappa shape index (κ1) is 12.2. The lowest BCUT2D eigenvalue weighted by molar-refractivity contribution is -0.117. The quantitative estimate of drug-likeness (QED) is 0.723. The van der Waals surface area contributed by atoms with Crippen LogP contribution in [-0.4, -0.2) is 16.1 Å². The molecule has 0 saturated heterocycles. The maximum atomic E-state index is 11.3. The zero-order valence-electron chi connectivity index (χ0n) is 9.19. The summed E-state index contributed by atoms with van der Waals surface area (Å²) in [6, 6.07) is 0. The average Bonchev–Trinajstić information content (AvgIpc) is 2.63.